The van der Waals surface area contributed by atoms with Crippen molar-refractivity contribution < 1.29 is 19.0 Å². The molecule has 1 unspecified atom stereocenters. The first kappa shape index (κ1) is 12.6. The molecule has 6 heteroatoms. The van der Waals surface area contributed by atoms with Crippen molar-refractivity contribution >= 4 is 11.6 Å². The third kappa shape index (κ3) is 1.51. The highest BCUT2D eigenvalue weighted by atomic mass is 19.1. The van der Waals surface area contributed by atoms with Crippen LogP contribution in [0, 0.1) is 5.82 Å². The Labute approximate surface area is 114 Å². The van der Waals surface area contributed by atoms with Gasteiger partial charge in [-0.1, -0.05) is 18.2 Å². The fraction of sp³-hybridized carbons (Fsp3) is 0.143. The summed E-state index contributed by atoms with van der Waals surface area (Å²) < 4.78 is 19.2. The van der Waals surface area contributed by atoms with Gasteiger partial charge in [0.15, 0.2) is 11.6 Å². The number of fused-ring (bicyclic) bond motifs is 1. The zero-order valence-corrected chi connectivity index (χ0v) is 10.6. The molecule has 0 bridgehead atoms. The average molecular weight is 274 g/mol. The fourth-order valence-electron chi connectivity index (χ4n) is 2.31. The van der Waals surface area contributed by atoms with Gasteiger partial charge in [0, 0.05) is 23.5 Å². The van der Waals surface area contributed by atoms with Crippen molar-refractivity contribution in [3.63, 3.8) is 0 Å². The van der Waals surface area contributed by atoms with Crippen molar-refractivity contribution in [2.45, 2.75) is 5.60 Å². The molecule has 0 radical (unpaired) electrons. The standard InChI is InChI=1S/C14H11FN2O3/c1-20-10-6-7-16-12(11(10)15)14(19)8-4-2-3-5-9(8)17-13(14)18/h2-7,19H,1H3,(H,17,18). The Hall–Kier alpha value is -2.47. The number of nitrogens with one attached hydrogen (secondary N) is 1. The van der Waals surface area contributed by atoms with Gasteiger partial charge in [-0.15, -0.1) is 0 Å². The first-order valence-corrected chi connectivity index (χ1v) is 5.91. The molecule has 1 aliphatic rings. The molecule has 5 nitrogen and oxygen atoms in total. The zero-order chi connectivity index (χ0) is 14.3. The lowest BCUT2D eigenvalue weighted by Gasteiger charge is -2.21. The third-order valence-electron chi connectivity index (χ3n) is 3.31. The zero-order valence-electron chi connectivity index (χ0n) is 10.6. The quantitative estimate of drug-likeness (QED) is 0.868. The predicted molar refractivity (Wildman–Crippen MR) is 68.8 cm³/mol. The summed E-state index contributed by atoms with van der Waals surface area (Å²) in [6.45, 7) is 0. The Bertz CT molecular complexity index is 705. The number of hydrogen-bond acceptors (Lipinski definition) is 4. The Morgan fingerprint density at radius 3 is 2.85 bits per heavy atom. The van der Waals surface area contributed by atoms with Crippen molar-refractivity contribution in [1.29, 1.82) is 0 Å². The molecule has 0 saturated carbocycles. The van der Waals surface area contributed by atoms with Gasteiger partial charge in [-0.2, -0.15) is 0 Å². The molecule has 0 aliphatic carbocycles. The van der Waals surface area contributed by atoms with Crippen molar-refractivity contribution in [3.05, 3.63) is 53.6 Å². The molecule has 1 aromatic heterocycles. The summed E-state index contributed by atoms with van der Waals surface area (Å²) >= 11 is 0. The molecule has 1 atom stereocenters. The van der Waals surface area contributed by atoms with E-state index in [0.29, 0.717) is 5.69 Å². The van der Waals surface area contributed by atoms with E-state index in [0.717, 1.165) is 0 Å². The van der Waals surface area contributed by atoms with Crippen LogP contribution in [0.25, 0.3) is 0 Å². The highest BCUT2D eigenvalue weighted by Gasteiger charge is 2.50. The van der Waals surface area contributed by atoms with Crippen molar-refractivity contribution in [2.24, 2.45) is 0 Å². The van der Waals surface area contributed by atoms with Gasteiger partial charge in [0.05, 0.1) is 7.11 Å². The van der Waals surface area contributed by atoms with E-state index in [1.54, 1.807) is 24.3 Å². The van der Waals surface area contributed by atoms with Gasteiger partial charge in [-0.25, -0.2) is 4.39 Å². The number of hydrogen-bond donors (Lipinski definition) is 2. The molecule has 3 rings (SSSR count). The molecule has 2 aromatic rings. The van der Waals surface area contributed by atoms with Gasteiger partial charge in [0.2, 0.25) is 5.60 Å². The number of aliphatic hydroxyl groups is 1. The number of para-hydroxylation sites is 1. The van der Waals surface area contributed by atoms with Crippen molar-refractivity contribution in [3.8, 4) is 5.75 Å². The maximum Gasteiger partial charge on any atom is 0.267 e. The Kier molecular flexibility index (Phi) is 2.69. The van der Waals surface area contributed by atoms with Crippen LogP contribution < -0.4 is 10.1 Å². The van der Waals surface area contributed by atoms with Crippen molar-refractivity contribution in [1.82, 2.24) is 4.98 Å². The summed E-state index contributed by atoms with van der Waals surface area (Å²) in [5.74, 6) is -1.68. The SMILES string of the molecule is COc1ccnc(C2(O)C(=O)Nc3ccccc32)c1F. The maximum atomic E-state index is 14.3. The van der Waals surface area contributed by atoms with Crippen LogP contribution in [0.5, 0.6) is 5.75 Å². The van der Waals surface area contributed by atoms with Gasteiger partial charge < -0.3 is 15.2 Å². The summed E-state index contributed by atoms with van der Waals surface area (Å²) in [7, 11) is 1.30. The van der Waals surface area contributed by atoms with E-state index in [9.17, 15) is 14.3 Å². The first-order valence-electron chi connectivity index (χ1n) is 5.91. The molecule has 0 saturated heterocycles. The van der Waals surface area contributed by atoms with E-state index in [4.69, 9.17) is 4.74 Å². The van der Waals surface area contributed by atoms with E-state index in [1.165, 1.54) is 19.4 Å². The number of carbonyl (C=O) groups excluding carboxylic acids is 1. The molecular weight excluding hydrogens is 263 g/mol. The highest BCUT2D eigenvalue weighted by Crippen LogP contribution is 2.41. The van der Waals surface area contributed by atoms with E-state index in [2.05, 4.69) is 10.3 Å². The third-order valence-corrected chi connectivity index (χ3v) is 3.31. The number of rotatable bonds is 2. The Morgan fingerprint density at radius 2 is 2.10 bits per heavy atom. The van der Waals surface area contributed by atoms with Crippen LogP contribution in [0.3, 0.4) is 0 Å². The van der Waals surface area contributed by atoms with Crippen LogP contribution in [0.2, 0.25) is 0 Å². The number of methoxy groups -OCH3 is 1. The minimum Gasteiger partial charge on any atom is -0.494 e. The summed E-state index contributed by atoms with van der Waals surface area (Å²) in [4.78, 5) is 15.9. The van der Waals surface area contributed by atoms with Crippen LogP contribution >= 0.6 is 0 Å². The molecule has 102 valence electrons. The smallest absolute Gasteiger partial charge is 0.267 e. The Balaban J connectivity index is 2.26. The summed E-state index contributed by atoms with van der Waals surface area (Å²) in [5, 5.41) is 13.2. The van der Waals surface area contributed by atoms with E-state index < -0.39 is 17.3 Å². The van der Waals surface area contributed by atoms with Gasteiger partial charge >= 0.3 is 0 Å². The minimum absolute atomic E-state index is 0.0828. The van der Waals surface area contributed by atoms with E-state index in [-0.39, 0.29) is 17.0 Å². The lowest BCUT2D eigenvalue weighted by molar-refractivity contribution is -0.130. The number of aromatic nitrogens is 1. The second-order valence-electron chi connectivity index (χ2n) is 4.39. The van der Waals surface area contributed by atoms with Crippen LogP contribution in [0.4, 0.5) is 10.1 Å². The molecule has 0 spiro atoms. The largest absolute Gasteiger partial charge is 0.494 e. The highest BCUT2D eigenvalue weighted by molar-refractivity contribution is 6.07. The normalized spacial score (nSPS) is 20.4. The van der Waals surface area contributed by atoms with E-state index >= 15 is 0 Å². The summed E-state index contributed by atoms with van der Waals surface area (Å²) in [5.41, 5.74) is -1.83. The number of halogens is 1. The van der Waals surface area contributed by atoms with Crippen molar-refractivity contribution in [2.75, 3.05) is 12.4 Å². The molecule has 2 N–H and O–H groups in total. The molecule has 0 fully saturated rings. The number of pyridine rings is 1. The van der Waals surface area contributed by atoms with Gasteiger partial charge in [-0.3, -0.25) is 9.78 Å². The van der Waals surface area contributed by atoms with Crippen LogP contribution in [-0.4, -0.2) is 23.1 Å². The number of carbonyl (C=O) groups is 1. The number of nitrogens with zero attached hydrogens (tertiary/aromatic N) is 1. The fourth-order valence-corrected chi connectivity index (χ4v) is 2.31. The average Bonchev–Trinajstić information content (AvgIpc) is 2.72. The minimum atomic E-state index is -2.16. The molecule has 1 amide bonds. The van der Waals surface area contributed by atoms with Gasteiger partial charge in [0.1, 0.15) is 5.69 Å². The van der Waals surface area contributed by atoms with Crippen LogP contribution in [0.1, 0.15) is 11.3 Å². The monoisotopic (exact) mass is 274 g/mol. The molecule has 20 heavy (non-hydrogen) atoms. The van der Waals surface area contributed by atoms with E-state index in [1.807, 2.05) is 0 Å². The first-order chi connectivity index (χ1) is 9.59. The number of anilines is 1. The second-order valence-corrected chi connectivity index (χ2v) is 4.39. The summed E-state index contributed by atoms with van der Waals surface area (Å²) in [6, 6.07) is 7.86. The lowest BCUT2D eigenvalue weighted by atomic mass is 9.91. The Morgan fingerprint density at radius 1 is 1.35 bits per heavy atom. The lowest BCUT2D eigenvalue weighted by Crippen LogP contribution is -2.37. The maximum absolute atomic E-state index is 14.3. The number of benzene rings is 1. The van der Waals surface area contributed by atoms with Gasteiger partial charge in [-0.05, 0) is 6.07 Å². The predicted octanol–water partition coefficient (Wildman–Crippen LogP) is 1.42. The van der Waals surface area contributed by atoms with Gasteiger partial charge in [0.25, 0.3) is 5.91 Å². The summed E-state index contributed by atoms with van der Waals surface area (Å²) in [6.07, 6.45) is 1.28. The second kappa shape index (κ2) is 4.28. The molecule has 1 aliphatic heterocycles. The molecule has 2 heterocycles. The topological polar surface area (TPSA) is 71.5 Å². The van der Waals surface area contributed by atoms with Crippen LogP contribution in [0.15, 0.2) is 36.5 Å². The van der Waals surface area contributed by atoms with Crippen LogP contribution in [-0.2, 0) is 10.4 Å². The molecule has 1 aromatic carbocycles. The number of ether oxygens (including phenoxy) is 1. The number of amides is 1. The molecular formula is C14H11FN2O3.